The summed E-state index contributed by atoms with van der Waals surface area (Å²) in [4.78, 5) is 14.3. The molecule has 1 aromatic heterocycles. The van der Waals surface area contributed by atoms with Crippen molar-refractivity contribution >= 4 is 40.9 Å². The first-order chi connectivity index (χ1) is 14.4. The molecule has 0 radical (unpaired) electrons. The summed E-state index contributed by atoms with van der Waals surface area (Å²) in [5.41, 5.74) is 1.58. The van der Waals surface area contributed by atoms with Crippen LogP contribution in [-0.2, 0) is 9.53 Å². The van der Waals surface area contributed by atoms with Crippen molar-refractivity contribution in [3.05, 3.63) is 58.6 Å². The average Bonchev–Trinajstić information content (AvgIpc) is 3.15. The number of thioether (sulfide) groups is 1. The molecular weight excluding hydrogens is 443 g/mol. The van der Waals surface area contributed by atoms with Crippen molar-refractivity contribution in [3.8, 4) is 17.1 Å². The molecule has 0 aliphatic rings. The molecule has 30 heavy (non-hydrogen) atoms. The van der Waals surface area contributed by atoms with E-state index in [2.05, 4.69) is 10.2 Å². The maximum Gasteiger partial charge on any atom is 0.233 e. The van der Waals surface area contributed by atoms with E-state index in [0.717, 1.165) is 5.69 Å². The van der Waals surface area contributed by atoms with Crippen LogP contribution in [0.2, 0.25) is 10.0 Å². The summed E-state index contributed by atoms with van der Waals surface area (Å²) in [6, 6.07) is 14.9. The fourth-order valence-corrected chi connectivity index (χ4v) is 4.21. The van der Waals surface area contributed by atoms with Crippen LogP contribution < -0.4 is 0 Å². The van der Waals surface area contributed by atoms with Crippen LogP contribution in [0.1, 0.15) is 6.92 Å². The van der Waals surface area contributed by atoms with E-state index in [9.17, 15) is 4.79 Å². The van der Waals surface area contributed by atoms with Gasteiger partial charge in [-0.1, -0.05) is 53.2 Å². The molecule has 0 aliphatic heterocycles. The van der Waals surface area contributed by atoms with Gasteiger partial charge in [0, 0.05) is 30.4 Å². The molecule has 0 bridgehead atoms. The average molecular weight is 465 g/mol. The molecule has 1 heterocycles. The molecule has 0 saturated heterocycles. The van der Waals surface area contributed by atoms with Crippen molar-refractivity contribution in [1.29, 1.82) is 0 Å². The lowest BCUT2D eigenvalue weighted by Gasteiger charge is -2.24. The fourth-order valence-electron chi connectivity index (χ4n) is 2.85. The van der Waals surface area contributed by atoms with Gasteiger partial charge in [0.1, 0.15) is 0 Å². The van der Waals surface area contributed by atoms with Gasteiger partial charge in [0.15, 0.2) is 11.0 Å². The van der Waals surface area contributed by atoms with Gasteiger partial charge in [-0.15, -0.1) is 10.2 Å². The number of aromatic nitrogens is 3. The van der Waals surface area contributed by atoms with Crippen LogP contribution >= 0.6 is 35.0 Å². The second-order valence-corrected chi connectivity index (χ2v) is 8.49. The normalized spacial score (nSPS) is 12.0. The van der Waals surface area contributed by atoms with E-state index in [4.69, 9.17) is 27.9 Å². The standard InChI is InChI=1S/C21H22Cl2N4O2S/c1-14(12-29-3)26(2)19(28)13-30-21-25-24-20(17-10-9-15(22)11-18(17)23)27(21)16-7-5-4-6-8-16/h4-11,14H,12-13H2,1-3H3. The van der Waals surface area contributed by atoms with Crippen LogP contribution in [-0.4, -0.2) is 58.1 Å². The first-order valence-electron chi connectivity index (χ1n) is 9.26. The van der Waals surface area contributed by atoms with Crippen LogP contribution in [0.3, 0.4) is 0 Å². The minimum Gasteiger partial charge on any atom is -0.383 e. The third kappa shape index (κ3) is 5.16. The Morgan fingerprint density at radius 3 is 2.60 bits per heavy atom. The summed E-state index contributed by atoms with van der Waals surface area (Å²) in [7, 11) is 3.39. The second kappa shape index (κ2) is 10.3. The number of nitrogens with zero attached hydrogens (tertiary/aromatic N) is 4. The Morgan fingerprint density at radius 2 is 1.93 bits per heavy atom. The van der Waals surface area contributed by atoms with Crippen molar-refractivity contribution in [2.75, 3.05) is 26.5 Å². The number of ether oxygens (including phenoxy) is 1. The monoisotopic (exact) mass is 464 g/mol. The Bertz CT molecular complexity index is 1010. The Balaban J connectivity index is 1.92. The predicted octanol–water partition coefficient (Wildman–Crippen LogP) is 4.83. The van der Waals surface area contributed by atoms with Crippen molar-refractivity contribution < 1.29 is 9.53 Å². The predicted molar refractivity (Wildman–Crippen MR) is 122 cm³/mol. The Hall–Kier alpha value is -2.06. The summed E-state index contributed by atoms with van der Waals surface area (Å²) >= 11 is 13.8. The van der Waals surface area contributed by atoms with Gasteiger partial charge < -0.3 is 9.64 Å². The van der Waals surface area contributed by atoms with E-state index in [1.165, 1.54) is 11.8 Å². The highest BCUT2D eigenvalue weighted by Gasteiger charge is 2.21. The van der Waals surface area contributed by atoms with Crippen molar-refractivity contribution in [2.45, 2.75) is 18.1 Å². The van der Waals surface area contributed by atoms with E-state index in [0.29, 0.717) is 33.2 Å². The summed E-state index contributed by atoms with van der Waals surface area (Å²) in [6.07, 6.45) is 0. The van der Waals surface area contributed by atoms with Crippen LogP contribution in [0, 0.1) is 0 Å². The SMILES string of the molecule is COCC(C)N(C)C(=O)CSc1nnc(-c2ccc(Cl)cc2Cl)n1-c1ccccc1. The number of methoxy groups -OCH3 is 1. The highest BCUT2D eigenvalue weighted by atomic mass is 35.5. The third-order valence-corrected chi connectivity index (χ3v) is 6.07. The fraction of sp³-hybridized carbons (Fsp3) is 0.286. The highest BCUT2D eigenvalue weighted by Crippen LogP contribution is 2.33. The molecule has 3 rings (SSSR count). The lowest BCUT2D eigenvalue weighted by atomic mass is 10.2. The van der Waals surface area contributed by atoms with Crippen LogP contribution in [0.5, 0.6) is 0 Å². The van der Waals surface area contributed by atoms with Gasteiger partial charge >= 0.3 is 0 Å². The Labute approximate surface area is 190 Å². The zero-order valence-electron chi connectivity index (χ0n) is 16.9. The molecule has 158 valence electrons. The number of amides is 1. The Kier molecular flexibility index (Phi) is 7.77. The summed E-state index contributed by atoms with van der Waals surface area (Å²) < 4.78 is 7.03. The lowest BCUT2D eigenvalue weighted by molar-refractivity contribution is -0.129. The first kappa shape index (κ1) is 22.6. The summed E-state index contributed by atoms with van der Waals surface area (Å²) in [6.45, 7) is 2.42. The zero-order valence-corrected chi connectivity index (χ0v) is 19.2. The number of carbonyl (C=O) groups is 1. The first-order valence-corrected chi connectivity index (χ1v) is 11.0. The van der Waals surface area contributed by atoms with Gasteiger partial charge in [-0.05, 0) is 37.3 Å². The van der Waals surface area contributed by atoms with E-state index in [-0.39, 0.29) is 17.7 Å². The largest absolute Gasteiger partial charge is 0.383 e. The maximum atomic E-state index is 12.6. The van der Waals surface area contributed by atoms with Gasteiger partial charge in [-0.2, -0.15) is 0 Å². The van der Waals surface area contributed by atoms with Crippen LogP contribution in [0.4, 0.5) is 0 Å². The van der Waals surface area contributed by atoms with Crippen molar-refractivity contribution in [3.63, 3.8) is 0 Å². The smallest absolute Gasteiger partial charge is 0.233 e. The third-order valence-electron chi connectivity index (χ3n) is 4.61. The summed E-state index contributed by atoms with van der Waals surface area (Å²) in [5.74, 6) is 0.793. The lowest BCUT2D eigenvalue weighted by Crippen LogP contribution is -2.38. The van der Waals surface area contributed by atoms with E-state index in [1.807, 2.05) is 47.9 Å². The molecule has 3 aromatic rings. The molecule has 9 heteroatoms. The molecule has 1 unspecified atom stereocenters. The van der Waals surface area contributed by atoms with Crippen LogP contribution in [0.25, 0.3) is 17.1 Å². The molecular formula is C21H22Cl2N4O2S. The van der Waals surface area contributed by atoms with Gasteiger partial charge in [-0.3, -0.25) is 9.36 Å². The Morgan fingerprint density at radius 1 is 1.20 bits per heavy atom. The minimum atomic E-state index is -0.0155. The topological polar surface area (TPSA) is 60.2 Å². The molecule has 0 aliphatic carbocycles. The van der Waals surface area contributed by atoms with Gasteiger partial charge in [0.2, 0.25) is 5.91 Å². The molecule has 2 aromatic carbocycles. The number of halogens is 2. The molecule has 0 N–H and O–H groups in total. The number of benzene rings is 2. The van der Waals surface area contributed by atoms with Crippen molar-refractivity contribution in [1.82, 2.24) is 19.7 Å². The number of carbonyl (C=O) groups excluding carboxylic acids is 1. The van der Waals surface area contributed by atoms with E-state index in [1.54, 1.807) is 31.2 Å². The molecule has 1 atom stereocenters. The van der Waals surface area contributed by atoms with Gasteiger partial charge in [0.05, 0.1) is 23.4 Å². The second-order valence-electron chi connectivity index (χ2n) is 6.70. The van der Waals surface area contributed by atoms with Gasteiger partial charge in [-0.25, -0.2) is 0 Å². The number of hydrogen-bond acceptors (Lipinski definition) is 5. The highest BCUT2D eigenvalue weighted by molar-refractivity contribution is 7.99. The van der Waals surface area contributed by atoms with E-state index >= 15 is 0 Å². The number of para-hydroxylation sites is 1. The molecule has 0 fully saturated rings. The molecule has 1 amide bonds. The summed E-state index contributed by atoms with van der Waals surface area (Å²) in [5, 5.41) is 10.3. The maximum absolute atomic E-state index is 12.6. The number of rotatable bonds is 8. The quantitative estimate of drug-likeness (QED) is 0.446. The molecule has 0 saturated carbocycles. The number of likely N-dealkylation sites (N-methyl/N-ethyl adjacent to an activating group) is 1. The van der Waals surface area contributed by atoms with Crippen LogP contribution in [0.15, 0.2) is 53.7 Å². The molecule has 6 nitrogen and oxygen atoms in total. The van der Waals surface area contributed by atoms with Crippen molar-refractivity contribution in [2.24, 2.45) is 0 Å². The number of hydrogen-bond donors (Lipinski definition) is 0. The van der Waals surface area contributed by atoms with Gasteiger partial charge in [0.25, 0.3) is 0 Å². The zero-order chi connectivity index (χ0) is 21.7. The molecule has 0 spiro atoms. The minimum absolute atomic E-state index is 0.0153. The van der Waals surface area contributed by atoms with E-state index < -0.39 is 0 Å².